The van der Waals surface area contributed by atoms with Gasteiger partial charge in [0.1, 0.15) is 17.4 Å². The highest BCUT2D eigenvalue weighted by atomic mass is 19.1. The second-order valence-electron chi connectivity index (χ2n) is 8.19. The molecule has 24 heavy (non-hydrogen) atoms. The van der Waals surface area contributed by atoms with Crippen LogP contribution >= 0.6 is 0 Å². The number of amides is 2. The summed E-state index contributed by atoms with van der Waals surface area (Å²) >= 11 is 0. The van der Waals surface area contributed by atoms with Crippen molar-refractivity contribution in [2.75, 3.05) is 13.1 Å². The van der Waals surface area contributed by atoms with Gasteiger partial charge < -0.3 is 19.7 Å². The zero-order valence-corrected chi connectivity index (χ0v) is 15.6. The zero-order valence-electron chi connectivity index (χ0n) is 15.6. The molecule has 0 saturated carbocycles. The molecule has 0 aliphatic carbocycles. The van der Waals surface area contributed by atoms with E-state index in [1.807, 2.05) is 0 Å². The molecule has 6 nitrogen and oxygen atoms in total. The number of likely N-dealkylation sites (tertiary alicyclic amines) is 1. The maximum atomic E-state index is 14.2. The van der Waals surface area contributed by atoms with Crippen LogP contribution in [0.5, 0.6) is 0 Å². The zero-order chi connectivity index (χ0) is 18.5. The van der Waals surface area contributed by atoms with Crippen LogP contribution in [0.15, 0.2) is 0 Å². The Morgan fingerprint density at radius 1 is 1.17 bits per heavy atom. The summed E-state index contributed by atoms with van der Waals surface area (Å²) < 4.78 is 24.6. The third-order valence-corrected chi connectivity index (χ3v) is 3.40. The van der Waals surface area contributed by atoms with Gasteiger partial charge in [0.2, 0.25) is 0 Å². The molecule has 2 unspecified atom stereocenters. The molecule has 2 amide bonds. The van der Waals surface area contributed by atoms with Crippen LogP contribution in [0.1, 0.15) is 60.8 Å². The van der Waals surface area contributed by atoms with Gasteiger partial charge in [0.15, 0.2) is 0 Å². The van der Waals surface area contributed by atoms with Crippen LogP contribution in [-0.4, -0.2) is 53.6 Å². The van der Waals surface area contributed by atoms with Crippen molar-refractivity contribution in [2.24, 2.45) is 0 Å². The van der Waals surface area contributed by atoms with Gasteiger partial charge >= 0.3 is 12.2 Å². The minimum atomic E-state index is -1.24. The highest BCUT2D eigenvalue weighted by Gasteiger charge is 2.33. The van der Waals surface area contributed by atoms with Gasteiger partial charge in [0.25, 0.3) is 0 Å². The first-order chi connectivity index (χ1) is 10.9. The minimum absolute atomic E-state index is 0.131. The molecule has 7 heteroatoms. The average molecular weight is 346 g/mol. The average Bonchev–Trinajstić information content (AvgIpc) is 2.80. The summed E-state index contributed by atoms with van der Waals surface area (Å²) in [7, 11) is 0. The molecule has 1 rings (SSSR count). The number of ether oxygens (including phenoxy) is 2. The Morgan fingerprint density at radius 2 is 1.75 bits per heavy atom. The summed E-state index contributed by atoms with van der Waals surface area (Å²) in [5, 5.41) is 2.42. The van der Waals surface area contributed by atoms with Crippen molar-refractivity contribution in [3.05, 3.63) is 0 Å². The van der Waals surface area contributed by atoms with Crippen molar-refractivity contribution in [2.45, 2.75) is 84.2 Å². The normalized spacial score (nSPS) is 19.8. The number of carbonyl (C=O) groups excluding carboxylic acids is 2. The van der Waals surface area contributed by atoms with Gasteiger partial charge in [-0.2, -0.15) is 0 Å². The molecule has 1 aliphatic heterocycles. The lowest BCUT2D eigenvalue weighted by molar-refractivity contribution is 0.0198. The monoisotopic (exact) mass is 346 g/mol. The quantitative estimate of drug-likeness (QED) is 0.844. The summed E-state index contributed by atoms with van der Waals surface area (Å²) in [4.78, 5) is 25.3. The summed E-state index contributed by atoms with van der Waals surface area (Å²) in [6, 6.07) is -0.199. The number of rotatable bonds is 4. The molecule has 2 atom stereocenters. The number of hydrogen-bond acceptors (Lipinski definition) is 4. The van der Waals surface area contributed by atoms with Crippen molar-refractivity contribution in [1.82, 2.24) is 10.2 Å². The van der Waals surface area contributed by atoms with E-state index < -0.39 is 29.6 Å². The van der Waals surface area contributed by atoms with Gasteiger partial charge in [0.05, 0.1) is 6.54 Å². The van der Waals surface area contributed by atoms with Crippen LogP contribution in [0, 0.1) is 0 Å². The Balaban J connectivity index is 2.43. The molecule has 1 aliphatic rings. The number of alkyl halides is 1. The molecule has 0 bridgehead atoms. The van der Waals surface area contributed by atoms with E-state index in [4.69, 9.17) is 9.47 Å². The highest BCUT2D eigenvalue weighted by molar-refractivity contribution is 5.69. The van der Waals surface area contributed by atoms with Gasteiger partial charge in [-0.05, 0) is 54.4 Å². The molecule has 1 N–H and O–H groups in total. The number of carbonyl (C=O) groups is 2. The SMILES string of the molecule is CC(C)(C)OC(=O)NCC(F)CC1CCCN1C(=O)OC(C)(C)C. The van der Waals surface area contributed by atoms with Crippen molar-refractivity contribution < 1.29 is 23.5 Å². The Bertz CT molecular complexity index is 443. The highest BCUT2D eigenvalue weighted by Crippen LogP contribution is 2.24. The third kappa shape index (κ3) is 7.84. The van der Waals surface area contributed by atoms with Gasteiger partial charge in [-0.1, -0.05) is 0 Å². The Kier molecular flexibility index (Phi) is 6.86. The van der Waals surface area contributed by atoms with Crippen molar-refractivity contribution in [3.63, 3.8) is 0 Å². The fraction of sp³-hybridized carbons (Fsp3) is 0.882. The van der Waals surface area contributed by atoms with E-state index in [9.17, 15) is 14.0 Å². The minimum Gasteiger partial charge on any atom is -0.444 e. The van der Waals surface area contributed by atoms with E-state index in [0.29, 0.717) is 6.54 Å². The van der Waals surface area contributed by atoms with Crippen LogP contribution in [0.4, 0.5) is 14.0 Å². The lowest BCUT2D eigenvalue weighted by atomic mass is 10.1. The first-order valence-corrected chi connectivity index (χ1v) is 8.48. The molecule has 0 radical (unpaired) electrons. The van der Waals surface area contributed by atoms with Gasteiger partial charge in [0, 0.05) is 19.0 Å². The fourth-order valence-electron chi connectivity index (χ4n) is 2.53. The predicted molar refractivity (Wildman–Crippen MR) is 89.7 cm³/mol. The Hall–Kier alpha value is -1.53. The van der Waals surface area contributed by atoms with Crippen LogP contribution in [-0.2, 0) is 9.47 Å². The summed E-state index contributed by atoms with van der Waals surface area (Å²) in [6.45, 7) is 11.1. The van der Waals surface area contributed by atoms with E-state index in [-0.39, 0.29) is 19.0 Å². The van der Waals surface area contributed by atoms with Crippen LogP contribution < -0.4 is 5.32 Å². The Morgan fingerprint density at radius 3 is 2.29 bits per heavy atom. The summed E-state index contributed by atoms with van der Waals surface area (Å²) in [5.41, 5.74) is -1.19. The topological polar surface area (TPSA) is 67.9 Å². The van der Waals surface area contributed by atoms with E-state index in [1.54, 1.807) is 46.4 Å². The fourth-order valence-corrected chi connectivity index (χ4v) is 2.53. The standard InChI is InChI=1S/C17H31FN2O4/c1-16(2,3)23-14(21)19-11-12(18)10-13-8-7-9-20(13)15(22)24-17(4,5)6/h12-13H,7-11H2,1-6H3,(H,19,21). The molecule has 0 aromatic carbocycles. The Labute approximate surface area is 144 Å². The largest absolute Gasteiger partial charge is 0.444 e. The molecule has 1 saturated heterocycles. The molecule has 0 spiro atoms. The molecular formula is C17H31FN2O4. The summed E-state index contributed by atoms with van der Waals surface area (Å²) in [6.07, 6.45) is -0.541. The molecule has 0 aromatic rings. The first-order valence-electron chi connectivity index (χ1n) is 8.48. The second-order valence-corrected chi connectivity index (χ2v) is 8.19. The number of nitrogens with zero attached hydrogens (tertiary/aromatic N) is 1. The van der Waals surface area contributed by atoms with Crippen molar-refractivity contribution >= 4 is 12.2 Å². The lowest BCUT2D eigenvalue weighted by Crippen LogP contribution is -2.42. The molecule has 140 valence electrons. The number of nitrogens with one attached hydrogen (secondary N) is 1. The maximum Gasteiger partial charge on any atom is 0.410 e. The van der Waals surface area contributed by atoms with E-state index in [1.165, 1.54) is 0 Å². The second kappa shape index (κ2) is 8.03. The first kappa shape index (κ1) is 20.5. The van der Waals surface area contributed by atoms with Crippen molar-refractivity contribution in [1.29, 1.82) is 0 Å². The van der Waals surface area contributed by atoms with Crippen LogP contribution in [0.2, 0.25) is 0 Å². The van der Waals surface area contributed by atoms with Gasteiger partial charge in [-0.15, -0.1) is 0 Å². The van der Waals surface area contributed by atoms with E-state index in [0.717, 1.165) is 12.8 Å². The predicted octanol–water partition coefficient (Wildman–Crippen LogP) is 3.64. The third-order valence-electron chi connectivity index (χ3n) is 3.40. The van der Waals surface area contributed by atoms with E-state index >= 15 is 0 Å². The smallest absolute Gasteiger partial charge is 0.410 e. The number of hydrogen-bond donors (Lipinski definition) is 1. The summed E-state index contributed by atoms with van der Waals surface area (Å²) in [5.74, 6) is 0. The molecular weight excluding hydrogens is 315 g/mol. The molecule has 1 fully saturated rings. The number of halogens is 1. The van der Waals surface area contributed by atoms with Gasteiger partial charge in [-0.3, -0.25) is 0 Å². The van der Waals surface area contributed by atoms with Gasteiger partial charge in [-0.25, -0.2) is 14.0 Å². The molecule has 1 heterocycles. The number of alkyl carbamates (subject to hydrolysis) is 1. The van der Waals surface area contributed by atoms with E-state index in [2.05, 4.69) is 5.32 Å². The van der Waals surface area contributed by atoms with Crippen LogP contribution in [0.25, 0.3) is 0 Å². The molecule has 0 aromatic heterocycles. The maximum absolute atomic E-state index is 14.2. The lowest BCUT2D eigenvalue weighted by Gasteiger charge is -2.29. The van der Waals surface area contributed by atoms with Crippen molar-refractivity contribution in [3.8, 4) is 0 Å². The van der Waals surface area contributed by atoms with Crippen LogP contribution in [0.3, 0.4) is 0 Å².